The van der Waals surface area contributed by atoms with Gasteiger partial charge in [-0.05, 0) is 19.3 Å². The highest BCUT2D eigenvalue weighted by Gasteiger charge is 2.37. The van der Waals surface area contributed by atoms with Gasteiger partial charge >= 0.3 is 0 Å². The van der Waals surface area contributed by atoms with Crippen molar-refractivity contribution in [2.75, 3.05) is 19.8 Å². The lowest BCUT2D eigenvalue weighted by Crippen LogP contribution is -2.54. The van der Waals surface area contributed by atoms with Crippen LogP contribution in [0.5, 0.6) is 0 Å². The summed E-state index contributed by atoms with van der Waals surface area (Å²) in [4.78, 5) is 0. The number of allylic oxidation sites excluding steroid dienone is 1. The van der Waals surface area contributed by atoms with Crippen LogP contribution in [0, 0.1) is 0 Å². The maximum absolute atomic E-state index is 9.83. The fourth-order valence-electron chi connectivity index (χ4n) is 3.83. The third-order valence-electron chi connectivity index (χ3n) is 5.84. The molecule has 0 aromatic carbocycles. The van der Waals surface area contributed by atoms with Crippen LogP contribution in [0.4, 0.5) is 0 Å². The number of unbranched alkanes of at least 4 members (excludes halogenated alkanes) is 14. The smallest absolute Gasteiger partial charge is 0.111 e. The van der Waals surface area contributed by atoms with E-state index in [4.69, 9.17) is 9.47 Å². The Labute approximate surface area is 178 Å². The van der Waals surface area contributed by atoms with Gasteiger partial charge in [0.15, 0.2) is 0 Å². The standard InChI is InChI=1S/C24H46O5/c1-2-3-4-5-6-7-8-9-10-11-12-13-14-15-16-17-18-28-20-22-24(27)23(26)21(25)19-29-22/h2,21-27H,1,3-20H2/t21-,22+,23+,24+/m1/s1. The van der Waals surface area contributed by atoms with Gasteiger partial charge in [0.1, 0.15) is 24.4 Å². The number of aliphatic hydroxyl groups is 3. The average molecular weight is 415 g/mol. The van der Waals surface area contributed by atoms with Crippen LogP contribution in [0.15, 0.2) is 12.7 Å². The van der Waals surface area contributed by atoms with Gasteiger partial charge in [0, 0.05) is 6.61 Å². The monoisotopic (exact) mass is 414 g/mol. The summed E-state index contributed by atoms with van der Waals surface area (Å²) in [6.07, 6.45) is 17.9. The number of aliphatic hydroxyl groups excluding tert-OH is 3. The molecular weight excluding hydrogens is 368 g/mol. The lowest BCUT2D eigenvalue weighted by molar-refractivity contribution is -0.199. The van der Waals surface area contributed by atoms with Crippen molar-refractivity contribution in [3.05, 3.63) is 12.7 Å². The first-order valence-electron chi connectivity index (χ1n) is 12.0. The number of rotatable bonds is 19. The second-order valence-electron chi connectivity index (χ2n) is 8.52. The third kappa shape index (κ3) is 13.5. The van der Waals surface area contributed by atoms with Gasteiger partial charge in [-0.1, -0.05) is 83.1 Å². The van der Waals surface area contributed by atoms with Crippen molar-refractivity contribution in [2.24, 2.45) is 0 Å². The Hall–Kier alpha value is -0.460. The summed E-state index contributed by atoms with van der Waals surface area (Å²) < 4.78 is 10.9. The summed E-state index contributed by atoms with van der Waals surface area (Å²) in [6, 6.07) is 0. The zero-order chi connectivity index (χ0) is 21.2. The molecule has 0 aromatic rings. The van der Waals surface area contributed by atoms with Gasteiger partial charge in [0.05, 0.1) is 13.2 Å². The molecule has 0 aromatic heterocycles. The van der Waals surface area contributed by atoms with Crippen LogP contribution in [0.3, 0.4) is 0 Å². The minimum Gasteiger partial charge on any atom is -0.388 e. The fourth-order valence-corrected chi connectivity index (χ4v) is 3.83. The molecule has 4 atom stereocenters. The average Bonchev–Trinajstić information content (AvgIpc) is 2.72. The first kappa shape index (κ1) is 26.6. The van der Waals surface area contributed by atoms with Crippen molar-refractivity contribution < 1.29 is 24.8 Å². The van der Waals surface area contributed by atoms with Crippen LogP contribution in [-0.2, 0) is 9.47 Å². The number of hydrogen-bond donors (Lipinski definition) is 3. The SMILES string of the molecule is C=CCCCCCCCCCCCCCCCCOC[C@@H]1OC[C@@H](O)[C@H](O)[C@H]1O. The number of ether oxygens (including phenoxy) is 2. The lowest BCUT2D eigenvalue weighted by Gasteiger charge is -2.35. The van der Waals surface area contributed by atoms with Crippen molar-refractivity contribution in [2.45, 2.75) is 121 Å². The van der Waals surface area contributed by atoms with E-state index in [-0.39, 0.29) is 13.2 Å². The van der Waals surface area contributed by atoms with Crippen molar-refractivity contribution in [1.29, 1.82) is 0 Å². The van der Waals surface area contributed by atoms with E-state index < -0.39 is 24.4 Å². The minimum absolute atomic E-state index is 0.0440. The van der Waals surface area contributed by atoms with Crippen molar-refractivity contribution >= 4 is 0 Å². The fraction of sp³-hybridized carbons (Fsp3) is 0.917. The molecule has 0 saturated carbocycles. The third-order valence-corrected chi connectivity index (χ3v) is 5.84. The highest BCUT2D eigenvalue weighted by Crippen LogP contribution is 2.16. The topological polar surface area (TPSA) is 79.2 Å². The Kier molecular flexibility index (Phi) is 16.8. The predicted octanol–water partition coefficient (Wildman–Crippen LogP) is 4.52. The first-order valence-corrected chi connectivity index (χ1v) is 12.0. The Morgan fingerprint density at radius 1 is 0.724 bits per heavy atom. The highest BCUT2D eigenvalue weighted by molar-refractivity contribution is 4.86. The van der Waals surface area contributed by atoms with Crippen LogP contribution >= 0.6 is 0 Å². The Balaban J connectivity index is 1.76. The summed E-state index contributed by atoms with van der Waals surface area (Å²) >= 11 is 0. The van der Waals surface area contributed by atoms with E-state index in [2.05, 4.69) is 6.58 Å². The zero-order valence-corrected chi connectivity index (χ0v) is 18.5. The molecule has 0 unspecified atom stereocenters. The number of hydrogen-bond acceptors (Lipinski definition) is 5. The predicted molar refractivity (Wildman–Crippen MR) is 118 cm³/mol. The Bertz CT molecular complexity index is 376. The summed E-state index contributed by atoms with van der Waals surface area (Å²) in [6.45, 7) is 4.72. The van der Waals surface area contributed by atoms with E-state index in [0.717, 1.165) is 6.42 Å². The molecular formula is C24H46O5. The molecule has 0 amide bonds. The zero-order valence-electron chi connectivity index (χ0n) is 18.5. The van der Waals surface area contributed by atoms with Crippen molar-refractivity contribution in [3.63, 3.8) is 0 Å². The van der Waals surface area contributed by atoms with Crippen LogP contribution in [0.2, 0.25) is 0 Å². The lowest BCUT2D eigenvalue weighted by atomic mass is 10.0. The first-order chi connectivity index (χ1) is 14.2. The molecule has 29 heavy (non-hydrogen) atoms. The van der Waals surface area contributed by atoms with Gasteiger partial charge in [-0.2, -0.15) is 0 Å². The van der Waals surface area contributed by atoms with Crippen molar-refractivity contribution in [1.82, 2.24) is 0 Å². The molecule has 172 valence electrons. The molecule has 5 heteroatoms. The van der Waals surface area contributed by atoms with Crippen LogP contribution in [0.25, 0.3) is 0 Å². The van der Waals surface area contributed by atoms with E-state index in [1.54, 1.807) is 0 Å². The summed E-state index contributed by atoms with van der Waals surface area (Å²) in [5, 5.41) is 28.9. The minimum atomic E-state index is -1.15. The molecule has 5 nitrogen and oxygen atoms in total. The van der Waals surface area contributed by atoms with Crippen molar-refractivity contribution in [3.8, 4) is 0 Å². The van der Waals surface area contributed by atoms with E-state index in [1.165, 1.54) is 89.9 Å². The summed E-state index contributed by atoms with van der Waals surface area (Å²) in [7, 11) is 0. The molecule has 1 aliphatic heterocycles. The molecule has 1 saturated heterocycles. The molecule has 1 heterocycles. The molecule has 1 fully saturated rings. The molecule has 1 rings (SSSR count). The quantitative estimate of drug-likeness (QED) is 0.214. The maximum atomic E-state index is 9.83. The van der Waals surface area contributed by atoms with Crippen LogP contribution < -0.4 is 0 Å². The molecule has 0 aliphatic carbocycles. The van der Waals surface area contributed by atoms with E-state index >= 15 is 0 Å². The van der Waals surface area contributed by atoms with Crippen LogP contribution in [-0.4, -0.2) is 59.6 Å². The molecule has 0 spiro atoms. The molecule has 3 N–H and O–H groups in total. The van der Waals surface area contributed by atoms with Gasteiger partial charge in [0.2, 0.25) is 0 Å². The van der Waals surface area contributed by atoms with Gasteiger partial charge < -0.3 is 24.8 Å². The largest absolute Gasteiger partial charge is 0.388 e. The van der Waals surface area contributed by atoms with Gasteiger partial charge in [-0.15, -0.1) is 6.58 Å². The maximum Gasteiger partial charge on any atom is 0.111 e. The van der Waals surface area contributed by atoms with Crippen LogP contribution in [0.1, 0.15) is 96.3 Å². The van der Waals surface area contributed by atoms with E-state index in [0.29, 0.717) is 6.61 Å². The Morgan fingerprint density at radius 3 is 1.72 bits per heavy atom. The Morgan fingerprint density at radius 2 is 1.21 bits per heavy atom. The van der Waals surface area contributed by atoms with Gasteiger partial charge in [0.25, 0.3) is 0 Å². The normalized spacial score (nSPS) is 24.7. The van der Waals surface area contributed by atoms with Gasteiger partial charge in [-0.3, -0.25) is 0 Å². The molecule has 0 radical (unpaired) electrons. The molecule has 0 bridgehead atoms. The van der Waals surface area contributed by atoms with E-state index in [1.807, 2.05) is 6.08 Å². The summed E-state index contributed by atoms with van der Waals surface area (Å²) in [5.74, 6) is 0. The second kappa shape index (κ2) is 18.3. The van der Waals surface area contributed by atoms with E-state index in [9.17, 15) is 15.3 Å². The highest BCUT2D eigenvalue weighted by atomic mass is 16.6. The molecule has 1 aliphatic rings. The van der Waals surface area contributed by atoms with Gasteiger partial charge in [-0.25, -0.2) is 0 Å². The second-order valence-corrected chi connectivity index (χ2v) is 8.52. The summed E-state index contributed by atoms with van der Waals surface area (Å²) in [5.41, 5.74) is 0.